The van der Waals surface area contributed by atoms with E-state index >= 15 is 0 Å². The molecule has 0 radical (unpaired) electrons. The van der Waals surface area contributed by atoms with Gasteiger partial charge in [0.15, 0.2) is 5.16 Å². The predicted octanol–water partition coefficient (Wildman–Crippen LogP) is 1.55. The van der Waals surface area contributed by atoms with Gasteiger partial charge in [0.05, 0.1) is 17.0 Å². The molecule has 0 aliphatic carbocycles. The Morgan fingerprint density at radius 1 is 1.33 bits per heavy atom. The monoisotopic (exact) mass is 346 g/mol. The maximum absolute atomic E-state index is 12.1. The number of benzene rings is 1. The Hall–Kier alpha value is -2.61. The number of rotatable bonds is 7. The number of thioether (sulfide) groups is 1. The average Bonchev–Trinajstić information content (AvgIpc) is 2.53. The van der Waals surface area contributed by atoms with Crippen molar-refractivity contribution in [2.24, 2.45) is 5.73 Å². The lowest BCUT2D eigenvalue weighted by Gasteiger charge is -2.08. The van der Waals surface area contributed by atoms with Crippen molar-refractivity contribution in [3.8, 4) is 0 Å². The summed E-state index contributed by atoms with van der Waals surface area (Å²) < 4.78 is 0. The van der Waals surface area contributed by atoms with Crippen LogP contribution < -0.4 is 16.6 Å². The summed E-state index contributed by atoms with van der Waals surface area (Å²) in [6, 6.07) is 7.96. The Kier molecular flexibility index (Phi) is 6.14. The predicted molar refractivity (Wildman–Crippen MR) is 93.2 cm³/mol. The fraction of sp³-hybridized carbons (Fsp3) is 0.250. The van der Waals surface area contributed by atoms with Crippen LogP contribution in [0.25, 0.3) is 0 Å². The third-order valence-corrected chi connectivity index (χ3v) is 3.96. The number of anilines is 1. The maximum Gasteiger partial charge on any atom is 0.251 e. The van der Waals surface area contributed by atoms with Gasteiger partial charge in [0.2, 0.25) is 5.91 Å². The Morgan fingerprint density at radius 3 is 2.79 bits per heavy atom. The van der Waals surface area contributed by atoms with Crippen molar-refractivity contribution >= 4 is 29.3 Å². The number of nitrogens with one attached hydrogen (secondary N) is 2. The van der Waals surface area contributed by atoms with Gasteiger partial charge in [-0.1, -0.05) is 37.2 Å². The zero-order chi connectivity index (χ0) is 17.5. The highest BCUT2D eigenvalue weighted by Gasteiger charge is 2.11. The minimum absolute atomic E-state index is 0.0472. The molecule has 0 bridgehead atoms. The van der Waals surface area contributed by atoms with E-state index in [0.29, 0.717) is 23.0 Å². The summed E-state index contributed by atoms with van der Waals surface area (Å²) in [5.41, 5.74) is 6.33. The van der Waals surface area contributed by atoms with Crippen molar-refractivity contribution in [1.29, 1.82) is 0 Å². The van der Waals surface area contributed by atoms with Gasteiger partial charge in [-0.3, -0.25) is 14.4 Å². The molecule has 8 heteroatoms. The molecule has 126 valence electrons. The van der Waals surface area contributed by atoms with Crippen LogP contribution in [0, 0.1) is 0 Å². The second kappa shape index (κ2) is 8.30. The minimum atomic E-state index is -0.614. The summed E-state index contributed by atoms with van der Waals surface area (Å²) in [6.07, 6.45) is 1.58. The number of amides is 2. The molecule has 0 unspecified atom stereocenters. The Labute approximate surface area is 143 Å². The smallest absolute Gasteiger partial charge is 0.251 e. The molecule has 2 amide bonds. The third kappa shape index (κ3) is 4.95. The van der Waals surface area contributed by atoms with Crippen LogP contribution in [-0.4, -0.2) is 27.5 Å². The number of para-hydroxylation sites is 1. The van der Waals surface area contributed by atoms with Crippen molar-refractivity contribution in [1.82, 2.24) is 9.97 Å². The number of H-pyrrole nitrogens is 1. The van der Waals surface area contributed by atoms with E-state index in [1.54, 1.807) is 24.3 Å². The molecule has 0 fully saturated rings. The topological polar surface area (TPSA) is 118 Å². The summed E-state index contributed by atoms with van der Waals surface area (Å²) in [6.45, 7) is 2.00. The quantitative estimate of drug-likeness (QED) is 0.519. The van der Waals surface area contributed by atoms with Crippen LogP contribution >= 0.6 is 11.8 Å². The van der Waals surface area contributed by atoms with E-state index in [1.165, 1.54) is 6.07 Å². The van der Waals surface area contributed by atoms with Gasteiger partial charge >= 0.3 is 0 Å². The highest BCUT2D eigenvalue weighted by molar-refractivity contribution is 7.99. The van der Waals surface area contributed by atoms with Gasteiger partial charge in [0, 0.05) is 11.8 Å². The van der Waals surface area contributed by atoms with E-state index in [-0.39, 0.29) is 22.8 Å². The van der Waals surface area contributed by atoms with Crippen LogP contribution in [-0.2, 0) is 11.2 Å². The normalized spacial score (nSPS) is 10.4. The van der Waals surface area contributed by atoms with E-state index in [0.717, 1.165) is 18.2 Å². The highest BCUT2D eigenvalue weighted by Crippen LogP contribution is 2.16. The second-order valence-corrected chi connectivity index (χ2v) is 6.00. The Bertz CT molecular complexity index is 804. The van der Waals surface area contributed by atoms with Gasteiger partial charge in [0.25, 0.3) is 11.5 Å². The largest absolute Gasteiger partial charge is 0.366 e. The van der Waals surface area contributed by atoms with Gasteiger partial charge in [-0.2, -0.15) is 0 Å². The van der Waals surface area contributed by atoms with Gasteiger partial charge < -0.3 is 16.0 Å². The summed E-state index contributed by atoms with van der Waals surface area (Å²) in [4.78, 5) is 41.9. The fourth-order valence-electron chi connectivity index (χ4n) is 2.06. The van der Waals surface area contributed by atoms with Gasteiger partial charge in [-0.25, -0.2) is 4.98 Å². The van der Waals surface area contributed by atoms with Crippen LogP contribution in [0.15, 0.2) is 40.3 Å². The lowest BCUT2D eigenvalue weighted by Crippen LogP contribution is -2.19. The van der Waals surface area contributed by atoms with E-state index < -0.39 is 5.91 Å². The van der Waals surface area contributed by atoms with Crippen molar-refractivity contribution in [3.05, 3.63) is 51.9 Å². The zero-order valence-corrected chi connectivity index (χ0v) is 14.0. The summed E-state index contributed by atoms with van der Waals surface area (Å²) in [5.74, 6) is -0.889. The van der Waals surface area contributed by atoms with E-state index in [9.17, 15) is 14.4 Å². The molecule has 0 spiro atoms. The lowest BCUT2D eigenvalue weighted by atomic mass is 10.1. The lowest BCUT2D eigenvalue weighted by molar-refractivity contribution is -0.113. The minimum Gasteiger partial charge on any atom is -0.366 e. The number of aromatic nitrogens is 2. The second-order valence-electron chi connectivity index (χ2n) is 5.04. The molecule has 2 aromatic rings. The molecule has 0 aliphatic rings. The number of aryl methyl sites for hydroxylation is 1. The van der Waals surface area contributed by atoms with Crippen LogP contribution in [0.1, 0.15) is 29.4 Å². The van der Waals surface area contributed by atoms with Crippen LogP contribution in [0.3, 0.4) is 0 Å². The average molecular weight is 346 g/mol. The summed E-state index contributed by atoms with van der Waals surface area (Å²) in [7, 11) is 0. The first-order chi connectivity index (χ1) is 11.5. The van der Waals surface area contributed by atoms with Crippen molar-refractivity contribution < 1.29 is 9.59 Å². The maximum atomic E-state index is 12.1. The van der Waals surface area contributed by atoms with E-state index in [2.05, 4.69) is 15.3 Å². The standard InChI is InChI=1S/C16H18N4O3S/c1-2-5-10-8-13(21)20-16(18-10)24-9-14(22)19-12-7-4-3-6-11(12)15(17)23/h3-4,6-8H,2,5,9H2,1H3,(H2,17,23)(H,19,22)(H,18,20,21). The fourth-order valence-corrected chi connectivity index (χ4v) is 2.76. The van der Waals surface area contributed by atoms with Crippen molar-refractivity contribution in [2.45, 2.75) is 24.9 Å². The first kappa shape index (κ1) is 17.7. The molecule has 1 aromatic carbocycles. The molecule has 1 heterocycles. The van der Waals surface area contributed by atoms with Gasteiger partial charge in [-0.15, -0.1) is 0 Å². The van der Waals surface area contributed by atoms with Crippen LogP contribution in [0.4, 0.5) is 5.69 Å². The SMILES string of the molecule is CCCc1cc(=O)[nH]c(SCC(=O)Nc2ccccc2C(N)=O)n1. The Morgan fingerprint density at radius 2 is 2.08 bits per heavy atom. The molecule has 0 atom stereocenters. The first-order valence-corrected chi connectivity index (χ1v) is 8.40. The molecule has 0 saturated carbocycles. The number of carbonyl (C=O) groups excluding carboxylic acids is 2. The highest BCUT2D eigenvalue weighted by atomic mass is 32.2. The number of nitrogens with zero attached hydrogens (tertiary/aromatic N) is 1. The van der Waals surface area contributed by atoms with Crippen LogP contribution in [0.2, 0.25) is 0 Å². The van der Waals surface area contributed by atoms with E-state index in [4.69, 9.17) is 5.73 Å². The number of aromatic amines is 1. The Balaban J connectivity index is 2.02. The molecule has 0 aliphatic heterocycles. The first-order valence-electron chi connectivity index (χ1n) is 7.41. The molecule has 4 N–H and O–H groups in total. The molecule has 7 nitrogen and oxygen atoms in total. The third-order valence-electron chi connectivity index (χ3n) is 3.09. The van der Waals surface area contributed by atoms with Crippen molar-refractivity contribution in [3.63, 3.8) is 0 Å². The van der Waals surface area contributed by atoms with E-state index in [1.807, 2.05) is 6.92 Å². The molecule has 2 rings (SSSR count). The van der Waals surface area contributed by atoms with Crippen LogP contribution in [0.5, 0.6) is 0 Å². The molecular formula is C16H18N4O3S. The number of carbonyl (C=O) groups is 2. The number of hydrogen-bond acceptors (Lipinski definition) is 5. The summed E-state index contributed by atoms with van der Waals surface area (Å²) >= 11 is 1.12. The molecule has 24 heavy (non-hydrogen) atoms. The molecule has 0 saturated heterocycles. The number of nitrogens with two attached hydrogens (primary N) is 1. The summed E-state index contributed by atoms with van der Waals surface area (Å²) in [5, 5.41) is 3.03. The number of hydrogen-bond donors (Lipinski definition) is 3. The zero-order valence-electron chi connectivity index (χ0n) is 13.2. The van der Waals surface area contributed by atoms with Gasteiger partial charge in [-0.05, 0) is 18.6 Å². The molecular weight excluding hydrogens is 328 g/mol. The molecule has 1 aromatic heterocycles. The van der Waals surface area contributed by atoms with Crippen molar-refractivity contribution in [2.75, 3.05) is 11.1 Å². The number of primary amides is 1. The van der Waals surface area contributed by atoms with Gasteiger partial charge in [0.1, 0.15) is 0 Å².